The molecule has 5 heteroatoms. The van der Waals surface area contributed by atoms with Gasteiger partial charge in [-0.3, -0.25) is 0 Å². The quantitative estimate of drug-likeness (QED) is 0.228. The number of benzene rings is 3. The number of rotatable bonds is 9. The topological polar surface area (TPSA) is 41.5 Å². The zero-order valence-corrected chi connectivity index (χ0v) is 22.4. The molecule has 0 saturated carbocycles. The highest BCUT2D eigenvalue weighted by atomic mass is 16.5. The molecule has 0 amide bonds. The molecule has 1 aliphatic rings. The Morgan fingerprint density at radius 2 is 1.68 bits per heavy atom. The highest BCUT2D eigenvalue weighted by Crippen LogP contribution is 2.37. The fourth-order valence-electron chi connectivity index (χ4n) is 5.43. The smallest absolute Gasteiger partial charge is 0.162 e. The van der Waals surface area contributed by atoms with Crippen molar-refractivity contribution in [3.8, 4) is 17.1 Å². The van der Waals surface area contributed by atoms with Crippen LogP contribution in [0.4, 0.5) is 11.5 Å². The maximum atomic E-state index is 5.66. The second-order valence-corrected chi connectivity index (χ2v) is 10.1. The molecule has 5 rings (SSSR count). The normalized spacial score (nSPS) is 14.2. The van der Waals surface area contributed by atoms with Crippen LogP contribution < -0.4 is 14.5 Å². The summed E-state index contributed by atoms with van der Waals surface area (Å²) in [6.45, 7) is 5.22. The molecule has 0 spiro atoms. The lowest BCUT2D eigenvalue weighted by Crippen LogP contribution is -2.34. The zero-order chi connectivity index (χ0) is 25.6. The lowest BCUT2D eigenvalue weighted by molar-refractivity contribution is 0.397. The lowest BCUT2D eigenvalue weighted by atomic mass is 9.88. The zero-order valence-electron chi connectivity index (χ0n) is 22.4. The van der Waals surface area contributed by atoms with Gasteiger partial charge in [0.25, 0.3) is 0 Å². The highest BCUT2D eigenvalue weighted by molar-refractivity contribution is 5.93. The lowest BCUT2D eigenvalue weighted by Gasteiger charge is -2.34. The van der Waals surface area contributed by atoms with Gasteiger partial charge in [-0.05, 0) is 55.0 Å². The molecule has 4 aromatic rings. The average Bonchev–Trinajstić information content (AvgIpc) is 2.97. The van der Waals surface area contributed by atoms with Gasteiger partial charge in [-0.1, -0.05) is 68.3 Å². The Kier molecular flexibility index (Phi) is 7.88. The van der Waals surface area contributed by atoms with E-state index in [1.54, 1.807) is 7.11 Å². The average molecular weight is 495 g/mol. The van der Waals surface area contributed by atoms with Gasteiger partial charge in [-0.2, -0.15) is 0 Å². The van der Waals surface area contributed by atoms with Crippen LogP contribution in [-0.2, 0) is 0 Å². The number of methoxy groups -OCH3 is 1. The third-order valence-electron chi connectivity index (χ3n) is 7.60. The van der Waals surface area contributed by atoms with Gasteiger partial charge in [0.05, 0.1) is 12.6 Å². The Morgan fingerprint density at radius 3 is 2.43 bits per heavy atom. The molecular weight excluding hydrogens is 456 g/mol. The molecule has 1 aromatic heterocycles. The summed E-state index contributed by atoms with van der Waals surface area (Å²) in [5, 5.41) is 1.13. The van der Waals surface area contributed by atoms with Crippen LogP contribution >= 0.6 is 0 Å². The van der Waals surface area contributed by atoms with Gasteiger partial charge in [0.2, 0.25) is 0 Å². The Balaban J connectivity index is 1.48. The van der Waals surface area contributed by atoms with Gasteiger partial charge < -0.3 is 14.5 Å². The molecule has 37 heavy (non-hydrogen) atoms. The molecule has 1 fully saturated rings. The molecule has 0 bridgehead atoms. The molecular formula is C32H38N4O. The predicted octanol–water partition coefficient (Wildman–Crippen LogP) is 7.32. The fourth-order valence-corrected chi connectivity index (χ4v) is 5.43. The van der Waals surface area contributed by atoms with Crippen LogP contribution in [0.1, 0.15) is 50.5 Å². The summed E-state index contributed by atoms with van der Waals surface area (Å²) in [5.74, 6) is 3.33. The van der Waals surface area contributed by atoms with Crippen LogP contribution in [0, 0.1) is 0 Å². The molecule has 1 aliphatic heterocycles. The number of hydrogen-bond donors (Lipinski definition) is 0. The van der Waals surface area contributed by atoms with Crippen molar-refractivity contribution in [3.63, 3.8) is 0 Å². The maximum absolute atomic E-state index is 5.66. The molecule has 0 radical (unpaired) electrons. The van der Waals surface area contributed by atoms with E-state index in [0.717, 1.165) is 66.3 Å². The Morgan fingerprint density at radius 1 is 0.919 bits per heavy atom. The van der Waals surface area contributed by atoms with Crippen LogP contribution in [0.2, 0.25) is 0 Å². The second kappa shape index (κ2) is 11.6. The third-order valence-corrected chi connectivity index (χ3v) is 7.60. The Labute approximate surface area is 221 Å². The monoisotopic (exact) mass is 494 g/mol. The first-order valence-corrected chi connectivity index (χ1v) is 13.6. The van der Waals surface area contributed by atoms with Crippen molar-refractivity contribution in [1.82, 2.24) is 9.97 Å². The predicted molar refractivity (Wildman–Crippen MR) is 155 cm³/mol. The molecule has 0 atom stereocenters. The third kappa shape index (κ3) is 5.56. The summed E-state index contributed by atoms with van der Waals surface area (Å²) in [7, 11) is 3.96. The maximum Gasteiger partial charge on any atom is 0.162 e. The van der Waals surface area contributed by atoms with E-state index in [0.29, 0.717) is 5.92 Å². The van der Waals surface area contributed by atoms with Crippen molar-refractivity contribution in [2.24, 2.45) is 0 Å². The highest BCUT2D eigenvalue weighted by Gasteiger charge is 2.25. The first-order valence-electron chi connectivity index (χ1n) is 13.6. The van der Waals surface area contributed by atoms with Crippen LogP contribution in [0.5, 0.6) is 5.75 Å². The van der Waals surface area contributed by atoms with E-state index in [9.17, 15) is 0 Å². The van der Waals surface area contributed by atoms with E-state index in [-0.39, 0.29) is 0 Å². The van der Waals surface area contributed by atoms with Gasteiger partial charge >= 0.3 is 0 Å². The van der Waals surface area contributed by atoms with Crippen LogP contribution in [0.3, 0.4) is 0 Å². The molecule has 0 aliphatic carbocycles. The van der Waals surface area contributed by atoms with E-state index < -0.39 is 0 Å². The van der Waals surface area contributed by atoms with Crippen LogP contribution in [0.15, 0.2) is 72.8 Å². The van der Waals surface area contributed by atoms with Crippen LogP contribution in [0.25, 0.3) is 22.3 Å². The summed E-state index contributed by atoms with van der Waals surface area (Å²) < 4.78 is 5.66. The van der Waals surface area contributed by atoms with Gasteiger partial charge in [0, 0.05) is 43.3 Å². The van der Waals surface area contributed by atoms with Crippen molar-refractivity contribution < 1.29 is 4.74 Å². The number of unbranched alkanes of at least 4 members (excludes halogenated alkanes) is 2. The van der Waals surface area contributed by atoms with Crippen molar-refractivity contribution in [1.29, 1.82) is 0 Å². The number of aromatic nitrogens is 2. The SMILES string of the molecule is CCCCCN(C)c1ccc2nc(-c3ccccc3)nc(N3CCC(c4ccccc4OC)CC3)c2c1. The summed E-state index contributed by atoms with van der Waals surface area (Å²) in [6.07, 6.45) is 5.84. The molecule has 3 aromatic carbocycles. The van der Waals surface area contributed by atoms with Crippen molar-refractivity contribution in [2.75, 3.05) is 43.6 Å². The molecule has 1 saturated heterocycles. The molecule has 2 heterocycles. The largest absolute Gasteiger partial charge is 0.496 e. The fraction of sp³-hybridized carbons (Fsp3) is 0.375. The minimum atomic E-state index is 0.495. The first-order chi connectivity index (χ1) is 18.2. The number of piperidine rings is 1. The molecule has 5 nitrogen and oxygen atoms in total. The van der Waals surface area contributed by atoms with Crippen LogP contribution in [-0.4, -0.2) is 43.8 Å². The van der Waals surface area contributed by atoms with Crippen molar-refractivity contribution in [2.45, 2.75) is 44.9 Å². The van der Waals surface area contributed by atoms with Crippen molar-refractivity contribution >= 4 is 22.4 Å². The van der Waals surface area contributed by atoms with E-state index in [1.807, 2.05) is 12.1 Å². The summed E-state index contributed by atoms with van der Waals surface area (Å²) >= 11 is 0. The molecule has 192 valence electrons. The van der Waals surface area contributed by atoms with E-state index >= 15 is 0 Å². The number of fused-ring (bicyclic) bond motifs is 1. The summed E-state index contributed by atoms with van der Waals surface area (Å²) in [6, 6.07) is 25.4. The van der Waals surface area contributed by atoms with Gasteiger partial charge in [-0.15, -0.1) is 0 Å². The summed E-state index contributed by atoms with van der Waals surface area (Å²) in [5.41, 5.74) is 4.60. The standard InChI is InChI=1S/C32H38N4O/c1-4-5-11-20-35(2)26-16-17-29-28(23-26)32(34-31(33-29)25-12-7-6-8-13-25)36-21-18-24(19-22-36)27-14-9-10-15-30(27)37-3/h6-10,12-17,23-24H,4-5,11,18-22H2,1-3H3. The number of hydrogen-bond acceptors (Lipinski definition) is 5. The molecule has 0 unspecified atom stereocenters. The van der Waals surface area contributed by atoms with E-state index in [4.69, 9.17) is 14.7 Å². The van der Waals surface area contributed by atoms with Gasteiger partial charge in [-0.25, -0.2) is 9.97 Å². The van der Waals surface area contributed by atoms with E-state index in [2.05, 4.69) is 84.4 Å². The first kappa shape index (κ1) is 25.1. The van der Waals surface area contributed by atoms with E-state index in [1.165, 1.54) is 30.5 Å². The number of ether oxygens (including phenoxy) is 1. The van der Waals surface area contributed by atoms with Gasteiger partial charge in [0.15, 0.2) is 5.82 Å². The summed E-state index contributed by atoms with van der Waals surface area (Å²) in [4.78, 5) is 15.0. The number of anilines is 2. The minimum Gasteiger partial charge on any atom is -0.496 e. The number of para-hydroxylation sites is 1. The Bertz CT molecular complexity index is 1320. The number of nitrogens with zero attached hydrogens (tertiary/aromatic N) is 4. The van der Waals surface area contributed by atoms with Gasteiger partial charge in [0.1, 0.15) is 11.6 Å². The second-order valence-electron chi connectivity index (χ2n) is 10.1. The molecule has 0 N–H and O–H groups in total. The Hall–Kier alpha value is -3.60. The minimum absolute atomic E-state index is 0.495. The van der Waals surface area contributed by atoms with Crippen molar-refractivity contribution in [3.05, 3.63) is 78.4 Å².